The molecule has 0 saturated heterocycles. The minimum Gasteiger partial charge on any atom is -0.394 e. The van der Waals surface area contributed by atoms with Gasteiger partial charge >= 0.3 is 0 Å². The Kier molecular flexibility index (Phi) is 5.66. The predicted molar refractivity (Wildman–Crippen MR) is 65.8 cm³/mol. The lowest BCUT2D eigenvalue weighted by Gasteiger charge is -2.15. The first-order valence-corrected chi connectivity index (χ1v) is 5.71. The van der Waals surface area contributed by atoms with Crippen LogP contribution in [0.5, 0.6) is 0 Å². The smallest absolute Gasteiger partial charge is 0.251 e. The third-order valence-corrected chi connectivity index (χ3v) is 2.61. The molecule has 0 aliphatic carbocycles. The highest BCUT2D eigenvalue weighted by molar-refractivity contribution is 5.95. The standard InChI is InChI=1S/C13H19NO3/c1-3-11(8-15)14-13(16)12-7-5-4-6-10(12)9-17-2/h4-7,11,15H,3,8-9H2,1-2H3,(H,14,16)/t11-/m1/s1. The molecule has 0 fully saturated rings. The van der Waals surface area contributed by atoms with Crippen molar-refractivity contribution in [3.8, 4) is 0 Å². The topological polar surface area (TPSA) is 58.6 Å². The summed E-state index contributed by atoms with van der Waals surface area (Å²) in [4.78, 5) is 12.0. The molecule has 0 aliphatic heterocycles. The zero-order valence-corrected chi connectivity index (χ0v) is 10.3. The largest absolute Gasteiger partial charge is 0.394 e. The van der Waals surface area contributed by atoms with Gasteiger partial charge in [0, 0.05) is 12.7 Å². The third-order valence-electron chi connectivity index (χ3n) is 2.61. The normalized spacial score (nSPS) is 12.2. The van der Waals surface area contributed by atoms with E-state index in [1.165, 1.54) is 0 Å². The fourth-order valence-corrected chi connectivity index (χ4v) is 1.56. The van der Waals surface area contributed by atoms with Crippen molar-refractivity contribution in [2.45, 2.75) is 26.0 Å². The van der Waals surface area contributed by atoms with Crippen molar-refractivity contribution < 1.29 is 14.6 Å². The number of rotatable bonds is 6. The second kappa shape index (κ2) is 7.04. The summed E-state index contributed by atoms with van der Waals surface area (Å²) in [7, 11) is 1.59. The van der Waals surface area contributed by atoms with Gasteiger partial charge in [0.2, 0.25) is 0 Å². The van der Waals surface area contributed by atoms with Crippen LogP contribution < -0.4 is 5.32 Å². The average molecular weight is 237 g/mol. The number of ether oxygens (including phenoxy) is 1. The van der Waals surface area contributed by atoms with E-state index in [0.717, 1.165) is 5.56 Å². The molecule has 94 valence electrons. The lowest BCUT2D eigenvalue weighted by Crippen LogP contribution is -2.37. The lowest BCUT2D eigenvalue weighted by atomic mass is 10.1. The number of aliphatic hydroxyl groups is 1. The van der Waals surface area contributed by atoms with Crippen molar-refractivity contribution in [3.05, 3.63) is 35.4 Å². The van der Waals surface area contributed by atoms with Crippen molar-refractivity contribution >= 4 is 5.91 Å². The Hall–Kier alpha value is -1.39. The van der Waals surface area contributed by atoms with E-state index in [-0.39, 0.29) is 18.6 Å². The Morgan fingerprint density at radius 2 is 2.18 bits per heavy atom. The molecule has 0 radical (unpaired) electrons. The summed E-state index contributed by atoms with van der Waals surface area (Å²) < 4.78 is 5.05. The summed E-state index contributed by atoms with van der Waals surface area (Å²) in [5.74, 6) is -0.168. The maximum atomic E-state index is 12.0. The Morgan fingerprint density at radius 1 is 1.47 bits per heavy atom. The number of methoxy groups -OCH3 is 1. The van der Waals surface area contributed by atoms with Crippen molar-refractivity contribution in [2.75, 3.05) is 13.7 Å². The Balaban J connectivity index is 2.80. The van der Waals surface area contributed by atoms with Gasteiger partial charge in [-0.1, -0.05) is 25.1 Å². The SMILES string of the molecule is CC[C@H](CO)NC(=O)c1ccccc1COC. The van der Waals surface area contributed by atoms with E-state index in [9.17, 15) is 4.79 Å². The van der Waals surface area contributed by atoms with Crippen molar-refractivity contribution in [2.24, 2.45) is 0 Å². The maximum absolute atomic E-state index is 12.0. The van der Waals surface area contributed by atoms with Crippen LogP contribution in [-0.2, 0) is 11.3 Å². The first-order chi connectivity index (χ1) is 8.22. The monoisotopic (exact) mass is 237 g/mol. The molecule has 0 aliphatic rings. The number of carbonyl (C=O) groups excluding carboxylic acids is 1. The summed E-state index contributed by atoms with van der Waals surface area (Å²) in [6, 6.07) is 7.10. The molecule has 1 amide bonds. The molecule has 0 spiro atoms. The second-order valence-corrected chi connectivity index (χ2v) is 3.85. The van der Waals surface area contributed by atoms with Crippen LogP contribution in [0.15, 0.2) is 24.3 Å². The number of benzene rings is 1. The van der Waals surface area contributed by atoms with E-state index < -0.39 is 0 Å². The first-order valence-electron chi connectivity index (χ1n) is 5.71. The molecule has 17 heavy (non-hydrogen) atoms. The Labute approximate surface area is 102 Å². The van der Waals surface area contributed by atoms with Crippen molar-refractivity contribution in [3.63, 3.8) is 0 Å². The van der Waals surface area contributed by atoms with E-state index in [1.807, 2.05) is 25.1 Å². The van der Waals surface area contributed by atoms with Gasteiger partial charge in [0.05, 0.1) is 19.3 Å². The van der Waals surface area contributed by atoms with Crippen molar-refractivity contribution in [1.29, 1.82) is 0 Å². The number of hydrogen-bond donors (Lipinski definition) is 2. The average Bonchev–Trinajstić information content (AvgIpc) is 2.36. The second-order valence-electron chi connectivity index (χ2n) is 3.85. The molecule has 4 heteroatoms. The molecule has 2 N–H and O–H groups in total. The molecule has 1 aromatic carbocycles. The van der Waals surface area contributed by atoms with Crippen molar-refractivity contribution in [1.82, 2.24) is 5.32 Å². The van der Waals surface area contributed by atoms with Gasteiger partial charge in [-0.3, -0.25) is 4.79 Å². The van der Waals surface area contributed by atoms with Crippen LogP contribution in [0.3, 0.4) is 0 Å². The minimum atomic E-state index is -0.196. The zero-order valence-electron chi connectivity index (χ0n) is 10.3. The van der Waals surface area contributed by atoms with Gasteiger partial charge in [-0.25, -0.2) is 0 Å². The molecule has 0 unspecified atom stereocenters. The molecule has 1 atom stereocenters. The molecule has 4 nitrogen and oxygen atoms in total. The van der Waals surface area contributed by atoms with E-state index in [2.05, 4.69) is 5.32 Å². The highest BCUT2D eigenvalue weighted by Crippen LogP contribution is 2.10. The highest BCUT2D eigenvalue weighted by atomic mass is 16.5. The van der Waals surface area contributed by atoms with E-state index in [0.29, 0.717) is 18.6 Å². The molecule has 0 bridgehead atoms. The summed E-state index contributed by atoms with van der Waals surface area (Å²) in [6.07, 6.45) is 0.703. The summed E-state index contributed by atoms with van der Waals surface area (Å²) >= 11 is 0. The number of hydrogen-bond acceptors (Lipinski definition) is 3. The molecule has 1 rings (SSSR count). The van der Waals surface area contributed by atoms with E-state index in [1.54, 1.807) is 13.2 Å². The van der Waals surface area contributed by atoms with E-state index in [4.69, 9.17) is 9.84 Å². The van der Waals surface area contributed by atoms with Crippen LogP contribution in [0, 0.1) is 0 Å². The third kappa shape index (κ3) is 3.84. The maximum Gasteiger partial charge on any atom is 0.251 e. The van der Waals surface area contributed by atoms with Gasteiger partial charge < -0.3 is 15.2 Å². The van der Waals surface area contributed by atoms with Crippen LogP contribution in [0.4, 0.5) is 0 Å². The fraction of sp³-hybridized carbons (Fsp3) is 0.462. The zero-order chi connectivity index (χ0) is 12.7. The minimum absolute atomic E-state index is 0.0469. The summed E-state index contributed by atoms with van der Waals surface area (Å²) in [5.41, 5.74) is 1.45. The molecule has 1 aromatic rings. The van der Waals surface area contributed by atoms with Gasteiger partial charge in [-0.15, -0.1) is 0 Å². The van der Waals surface area contributed by atoms with Crippen LogP contribution in [0.25, 0.3) is 0 Å². The molecule has 0 heterocycles. The van der Waals surface area contributed by atoms with Crippen LogP contribution in [-0.4, -0.2) is 30.8 Å². The quantitative estimate of drug-likeness (QED) is 0.784. The predicted octanol–water partition coefficient (Wildman–Crippen LogP) is 1.33. The Morgan fingerprint density at radius 3 is 2.76 bits per heavy atom. The van der Waals surface area contributed by atoms with Gasteiger partial charge in [-0.05, 0) is 18.1 Å². The van der Waals surface area contributed by atoms with Crippen LogP contribution in [0.2, 0.25) is 0 Å². The van der Waals surface area contributed by atoms with E-state index >= 15 is 0 Å². The van der Waals surface area contributed by atoms with Gasteiger partial charge in [0.1, 0.15) is 0 Å². The number of carbonyl (C=O) groups is 1. The molecule has 0 saturated carbocycles. The summed E-state index contributed by atoms with van der Waals surface area (Å²) in [6.45, 7) is 2.27. The van der Waals surface area contributed by atoms with Gasteiger partial charge in [-0.2, -0.15) is 0 Å². The molecule has 0 aromatic heterocycles. The lowest BCUT2D eigenvalue weighted by molar-refractivity contribution is 0.0910. The van der Waals surface area contributed by atoms with Crippen LogP contribution in [0.1, 0.15) is 29.3 Å². The highest BCUT2D eigenvalue weighted by Gasteiger charge is 2.14. The first kappa shape index (κ1) is 13.7. The number of amides is 1. The van der Waals surface area contributed by atoms with Gasteiger partial charge in [0.15, 0.2) is 0 Å². The Bertz CT molecular complexity index is 361. The molecular weight excluding hydrogens is 218 g/mol. The van der Waals surface area contributed by atoms with Crippen LogP contribution >= 0.6 is 0 Å². The fourth-order valence-electron chi connectivity index (χ4n) is 1.56. The molecular formula is C13H19NO3. The van der Waals surface area contributed by atoms with Gasteiger partial charge in [0.25, 0.3) is 5.91 Å². The number of nitrogens with one attached hydrogen (secondary N) is 1. The number of aliphatic hydroxyl groups excluding tert-OH is 1. The summed E-state index contributed by atoms with van der Waals surface area (Å²) in [5, 5.41) is 11.8.